The van der Waals surface area contributed by atoms with Gasteiger partial charge < -0.3 is 10.1 Å². The van der Waals surface area contributed by atoms with Crippen LogP contribution in [-0.2, 0) is 6.54 Å². The van der Waals surface area contributed by atoms with E-state index in [9.17, 15) is 4.79 Å². The maximum atomic E-state index is 13.1. The van der Waals surface area contributed by atoms with Crippen molar-refractivity contribution in [3.05, 3.63) is 96.7 Å². The van der Waals surface area contributed by atoms with Gasteiger partial charge in [-0.05, 0) is 74.0 Å². The summed E-state index contributed by atoms with van der Waals surface area (Å²) in [5, 5.41) is 10.9. The molecule has 3 aromatic heterocycles. The van der Waals surface area contributed by atoms with Crippen LogP contribution in [0.3, 0.4) is 0 Å². The van der Waals surface area contributed by atoms with Crippen molar-refractivity contribution in [2.75, 3.05) is 18.4 Å². The molecule has 0 radical (unpaired) electrons. The Hall–Kier alpha value is -4.56. The van der Waals surface area contributed by atoms with E-state index >= 15 is 0 Å². The molecule has 0 aliphatic carbocycles. The third-order valence-electron chi connectivity index (χ3n) is 6.47. The van der Waals surface area contributed by atoms with Crippen LogP contribution in [0.25, 0.3) is 22.0 Å². The third-order valence-corrected chi connectivity index (χ3v) is 6.47. The van der Waals surface area contributed by atoms with E-state index in [1.54, 1.807) is 18.6 Å². The van der Waals surface area contributed by atoms with Gasteiger partial charge >= 0.3 is 0 Å². The number of likely N-dealkylation sites (tertiary alicyclic amines) is 1. The monoisotopic (exact) mass is 490 g/mol. The molecule has 0 atom stereocenters. The molecule has 6 rings (SSSR count). The molecular formula is C29H26N6O2. The Bertz CT molecular complexity index is 1530. The first-order chi connectivity index (χ1) is 18.2. The van der Waals surface area contributed by atoms with Gasteiger partial charge in [-0.1, -0.05) is 24.3 Å². The Labute approximate surface area is 214 Å². The number of hydrogen-bond acceptors (Lipinski definition) is 6. The van der Waals surface area contributed by atoms with Crippen LogP contribution in [0.15, 0.2) is 85.3 Å². The number of hydrogen-bond donors (Lipinski definition) is 2. The lowest BCUT2D eigenvalue weighted by Crippen LogP contribution is -2.19. The van der Waals surface area contributed by atoms with Crippen LogP contribution in [0.4, 0.5) is 5.69 Å². The highest BCUT2D eigenvalue weighted by Crippen LogP contribution is 2.29. The Morgan fingerprint density at radius 3 is 2.59 bits per heavy atom. The van der Waals surface area contributed by atoms with Gasteiger partial charge in [-0.2, -0.15) is 5.10 Å². The fourth-order valence-electron chi connectivity index (χ4n) is 4.58. The number of nitrogens with one attached hydrogen (secondary N) is 2. The summed E-state index contributed by atoms with van der Waals surface area (Å²) in [6.45, 7) is 3.08. The number of H-pyrrole nitrogens is 1. The van der Waals surface area contributed by atoms with Crippen molar-refractivity contribution in [1.29, 1.82) is 0 Å². The molecule has 0 bridgehead atoms. The highest BCUT2D eigenvalue weighted by Gasteiger charge is 2.17. The number of fused-ring (bicyclic) bond motifs is 1. The predicted octanol–water partition coefficient (Wildman–Crippen LogP) is 5.66. The maximum Gasteiger partial charge on any atom is 0.276 e. The number of para-hydroxylation sites is 1. The predicted molar refractivity (Wildman–Crippen MR) is 143 cm³/mol. The van der Waals surface area contributed by atoms with Crippen molar-refractivity contribution in [2.45, 2.75) is 19.4 Å². The minimum absolute atomic E-state index is 0.295. The fraction of sp³-hybridized carbons (Fsp3) is 0.172. The van der Waals surface area contributed by atoms with Crippen LogP contribution in [-0.4, -0.2) is 44.1 Å². The average molecular weight is 491 g/mol. The lowest BCUT2D eigenvalue weighted by atomic mass is 10.0. The van der Waals surface area contributed by atoms with Crippen LogP contribution in [0.5, 0.6) is 11.5 Å². The molecular weight excluding hydrogens is 464 g/mol. The first-order valence-corrected chi connectivity index (χ1v) is 12.4. The highest BCUT2D eigenvalue weighted by molar-refractivity contribution is 6.11. The van der Waals surface area contributed by atoms with Crippen LogP contribution in [0.1, 0.15) is 29.0 Å². The zero-order valence-electron chi connectivity index (χ0n) is 20.2. The Balaban J connectivity index is 1.20. The quantitative estimate of drug-likeness (QED) is 0.306. The third kappa shape index (κ3) is 5.19. The van der Waals surface area contributed by atoms with Gasteiger partial charge in [0.05, 0.1) is 29.3 Å². The average Bonchev–Trinajstić information content (AvgIpc) is 3.60. The molecule has 2 N–H and O–H groups in total. The number of anilines is 1. The first-order valence-electron chi connectivity index (χ1n) is 12.4. The molecule has 37 heavy (non-hydrogen) atoms. The van der Waals surface area contributed by atoms with Gasteiger partial charge in [0.25, 0.3) is 5.91 Å². The van der Waals surface area contributed by atoms with E-state index in [0.717, 1.165) is 53.1 Å². The zero-order chi connectivity index (χ0) is 25.0. The molecule has 0 spiro atoms. The summed E-state index contributed by atoms with van der Waals surface area (Å²) in [7, 11) is 0. The van der Waals surface area contributed by atoms with Crippen LogP contribution in [0.2, 0.25) is 0 Å². The topological polar surface area (TPSA) is 96.0 Å². The number of rotatable bonds is 7. The number of benzene rings is 2. The van der Waals surface area contributed by atoms with Gasteiger partial charge in [0.15, 0.2) is 5.69 Å². The second kappa shape index (κ2) is 10.2. The fourth-order valence-corrected chi connectivity index (χ4v) is 4.58. The Morgan fingerprint density at radius 2 is 1.78 bits per heavy atom. The number of ether oxygens (including phenoxy) is 1. The van der Waals surface area contributed by atoms with E-state index in [1.165, 1.54) is 12.8 Å². The van der Waals surface area contributed by atoms with Crippen molar-refractivity contribution >= 4 is 22.5 Å². The molecule has 1 amide bonds. The second-order valence-corrected chi connectivity index (χ2v) is 9.13. The summed E-state index contributed by atoms with van der Waals surface area (Å²) in [4.78, 5) is 24.4. The highest BCUT2D eigenvalue weighted by atomic mass is 16.5. The van der Waals surface area contributed by atoms with Crippen molar-refractivity contribution in [3.8, 4) is 22.6 Å². The lowest BCUT2D eigenvalue weighted by molar-refractivity contribution is 0.102. The summed E-state index contributed by atoms with van der Waals surface area (Å²) >= 11 is 0. The molecule has 1 fully saturated rings. The summed E-state index contributed by atoms with van der Waals surface area (Å²) in [5.74, 6) is 1.08. The van der Waals surface area contributed by atoms with E-state index in [-0.39, 0.29) is 5.91 Å². The van der Waals surface area contributed by atoms with Gasteiger partial charge in [-0.25, -0.2) is 0 Å². The number of pyridine rings is 2. The molecule has 184 valence electrons. The number of nitrogens with zero attached hydrogens (tertiary/aromatic N) is 4. The Kier molecular flexibility index (Phi) is 6.31. The zero-order valence-corrected chi connectivity index (χ0v) is 20.2. The molecule has 1 aliphatic heterocycles. The molecule has 2 aromatic carbocycles. The van der Waals surface area contributed by atoms with Crippen molar-refractivity contribution < 1.29 is 9.53 Å². The van der Waals surface area contributed by atoms with Crippen LogP contribution in [0, 0.1) is 0 Å². The lowest BCUT2D eigenvalue weighted by Gasteiger charge is -2.13. The molecule has 0 unspecified atom stereocenters. The molecule has 1 aliphatic rings. The smallest absolute Gasteiger partial charge is 0.276 e. The van der Waals surface area contributed by atoms with Gasteiger partial charge in [0, 0.05) is 23.7 Å². The number of carbonyl (C=O) groups excluding carboxylic acids is 1. The van der Waals surface area contributed by atoms with Gasteiger partial charge in [-0.3, -0.25) is 24.8 Å². The SMILES string of the molecule is O=C(Nc1ccc(CN2CCCC2)nc1)c1n[nH]c2ccc(-c3cncc(Oc4ccccc4)c3)cc12. The van der Waals surface area contributed by atoms with E-state index in [1.807, 2.05) is 66.7 Å². The largest absolute Gasteiger partial charge is 0.456 e. The molecule has 4 heterocycles. The number of amides is 1. The van der Waals surface area contributed by atoms with E-state index in [4.69, 9.17) is 4.74 Å². The van der Waals surface area contributed by atoms with Crippen molar-refractivity contribution in [2.24, 2.45) is 0 Å². The minimum Gasteiger partial charge on any atom is -0.456 e. The standard InChI is InChI=1S/C29H26N6O2/c36-29(32-22-9-10-23(31-17-22)19-35-12-4-5-13-35)28-26-15-20(8-11-27(26)33-34-28)21-14-25(18-30-16-21)37-24-6-2-1-3-7-24/h1-3,6-11,14-18H,4-5,12-13,19H2,(H,32,36)(H,33,34). The normalized spacial score (nSPS) is 13.6. The minimum atomic E-state index is -0.295. The van der Waals surface area contributed by atoms with Gasteiger partial charge in [0.2, 0.25) is 0 Å². The van der Waals surface area contributed by atoms with Crippen LogP contribution >= 0.6 is 0 Å². The maximum absolute atomic E-state index is 13.1. The summed E-state index contributed by atoms with van der Waals surface area (Å²) in [6, 6.07) is 21.2. The molecule has 8 heteroatoms. The number of aromatic amines is 1. The second-order valence-electron chi connectivity index (χ2n) is 9.13. The van der Waals surface area contributed by atoms with Crippen molar-refractivity contribution in [1.82, 2.24) is 25.1 Å². The summed E-state index contributed by atoms with van der Waals surface area (Å²) in [5.41, 5.74) is 4.52. The van der Waals surface area contributed by atoms with Gasteiger partial charge in [0.1, 0.15) is 11.5 Å². The van der Waals surface area contributed by atoms with Crippen LogP contribution < -0.4 is 10.1 Å². The van der Waals surface area contributed by atoms with E-state index < -0.39 is 0 Å². The van der Waals surface area contributed by atoms with Gasteiger partial charge in [-0.15, -0.1) is 0 Å². The molecule has 5 aromatic rings. The van der Waals surface area contributed by atoms with E-state index in [2.05, 4.69) is 30.4 Å². The number of aromatic nitrogens is 4. The van der Waals surface area contributed by atoms with Crippen molar-refractivity contribution in [3.63, 3.8) is 0 Å². The Morgan fingerprint density at radius 1 is 0.919 bits per heavy atom. The van der Waals surface area contributed by atoms with E-state index in [0.29, 0.717) is 17.1 Å². The molecule has 0 saturated carbocycles. The number of carbonyl (C=O) groups is 1. The summed E-state index contributed by atoms with van der Waals surface area (Å²) in [6.07, 6.45) is 7.64. The molecule has 8 nitrogen and oxygen atoms in total. The first kappa shape index (κ1) is 22.9. The summed E-state index contributed by atoms with van der Waals surface area (Å²) < 4.78 is 5.93. The molecule has 1 saturated heterocycles.